The van der Waals surface area contributed by atoms with Crippen LogP contribution in [0, 0.1) is 5.92 Å². The number of rotatable bonds is 16. The molecule has 1 aromatic rings. The second-order valence-corrected chi connectivity index (χ2v) is 12.3. The number of alkyl carbamates (subject to hydrolysis) is 1. The molecule has 0 aliphatic carbocycles. The van der Waals surface area contributed by atoms with Gasteiger partial charge in [0.1, 0.15) is 29.5 Å². The molecule has 0 fully saturated rings. The molecule has 2 amide bonds. The van der Waals surface area contributed by atoms with Crippen LogP contribution >= 0.6 is 21.6 Å². The van der Waals surface area contributed by atoms with E-state index in [2.05, 4.69) is 10.6 Å². The molecule has 0 bridgehead atoms. The number of amides is 2. The van der Waals surface area contributed by atoms with Crippen LogP contribution in [-0.2, 0) is 30.5 Å². The van der Waals surface area contributed by atoms with E-state index >= 15 is 0 Å². The number of aliphatic carboxylic acids is 2. The summed E-state index contributed by atoms with van der Waals surface area (Å²) in [6.45, 7) is 9.00. The van der Waals surface area contributed by atoms with Crippen molar-refractivity contribution in [1.29, 1.82) is 0 Å². The zero-order valence-electron chi connectivity index (χ0n) is 22.5. The topological polar surface area (TPSA) is 160 Å². The third kappa shape index (κ3) is 13.8. The van der Waals surface area contributed by atoms with Gasteiger partial charge in [-0.2, -0.15) is 0 Å². The lowest BCUT2D eigenvalue weighted by atomic mass is 10.0. The van der Waals surface area contributed by atoms with Crippen LogP contribution in [0.4, 0.5) is 4.79 Å². The second kappa shape index (κ2) is 16.4. The van der Waals surface area contributed by atoms with Gasteiger partial charge in [0.2, 0.25) is 5.91 Å². The molecule has 0 aliphatic heterocycles. The molecular formula is C25H38N2O9S2. The maximum Gasteiger partial charge on any atom is 0.408 e. The number of methoxy groups -OCH3 is 1. The van der Waals surface area contributed by atoms with Crippen LogP contribution in [0.2, 0.25) is 0 Å². The van der Waals surface area contributed by atoms with E-state index in [1.165, 1.54) is 0 Å². The number of nitrogens with one attached hydrogen (secondary N) is 2. The van der Waals surface area contributed by atoms with Gasteiger partial charge in [-0.15, -0.1) is 0 Å². The summed E-state index contributed by atoms with van der Waals surface area (Å²) in [5.74, 6) is -2.28. The van der Waals surface area contributed by atoms with Crippen molar-refractivity contribution in [1.82, 2.24) is 10.6 Å². The van der Waals surface area contributed by atoms with Crippen molar-refractivity contribution in [3.8, 4) is 5.75 Å². The highest BCUT2D eigenvalue weighted by Gasteiger charge is 2.28. The van der Waals surface area contributed by atoms with Gasteiger partial charge in [0.05, 0.1) is 13.7 Å². The maximum atomic E-state index is 12.9. The summed E-state index contributed by atoms with van der Waals surface area (Å²) >= 11 is 0. The molecule has 0 saturated carbocycles. The van der Waals surface area contributed by atoms with Gasteiger partial charge in [-0.3, -0.25) is 4.79 Å². The Balaban J connectivity index is 2.66. The molecule has 0 saturated heterocycles. The molecule has 0 radical (unpaired) electrons. The van der Waals surface area contributed by atoms with E-state index in [9.17, 15) is 29.4 Å². The number of ether oxygens (including phenoxy) is 3. The molecule has 0 heterocycles. The highest BCUT2D eigenvalue weighted by molar-refractivity contribution is 8.76. The first-order chi connectivity index (χ1) is 17.7. The highest BCUT2D eigenvalue weighted by Crippen LogP contribution is 2.24. The lowest BCUT2D eigenvalue weighted by molar-refractivity contribution is -0.144. The van der Waals surface area contributed by atoms with E-state index in [1.807, 2.05) is 26.0 Å². The molecular weight excluding hydrogens is 536 g/mol. The van der Waals surface area contributed by atoms with Crippen LogP contribution in [0.3, 0.4) is 0 Å². The molecule has 0 spiro atoms. The van der Waals surface area contributed by atoms with E-state index in [-0.39, 0.29) is 24.0 Å². The minimum Gasteiger partial charge on any atom is -0.497 e. The van der Waals surface area contributed by atoms with Crippen molar-refractivity contribution in [2.75, 3.05) is 18.6 Å². The average molecular weight is 575 g/mol. The molecule has 0 aromatic heterocycles. The fourth-order valence-corrected chi connectivity index (χ4v) is 5.20. The second-order valence-electron chi connectivity index (χ2n) is 9.78. The molecule has 0 aliphatic rings. The van der Waals surface area contributed by atoms with Gasteiger partial charge in [0.15, 0.2) is 0 Å². The number of carboxylic acid groups (broad SMARTS) is 2. The predicted octanol–water partition coefficient (Wildman–Crippen LogP) is 3.56. The molecule has 1 aromatic carbocycles. The zero-order valence-corrected chi connectivity index (χ0v) is 24.1. The Bertz CT molecular complexity index is 920. The van der Waals surface area contributed by atoms with Crippen molar-refractivity contribution in [2.24, 2.45) is 5.92 Å². The Kier molecular flexibility index (Phi) is 14.4. The molecule has 1 rings (SSSR count). The smallest absolute Gasteiger partial charge is 0.408 e. The van der Waals surface area contributed by atoms with Gasteiger partial charge >= 0.3 is 18.0 Å². The molecule has 2 unspecified atom stereocenters. The first-order valence-electron chi connectivity index (χ1n) is 12.0. The molecule has 214 valence electrons. The number of carbonyl (C=O) groups excluding carboxylic acids is 2. The summed E-state index contributed by atoms with van der Waals surface area (Å²) in [6.07, 6.45) is -1.32. The van der Waals surface area contributed by atoms with Gasteiger partial charge in [0, 0.05) is 11.5 Å². The Morgan fingerprint density at radius 2 is 1.45 bits per heavy atom. The number of carboxylic acids is 2. The van der Waals surface area contributed by atoms with Crippen molar-refractivity contribution >= 4 is 45.5 Å². The molecule has 4 N–H and O–H groups in total. The normalized spacial score (nSPS) is 13.8. The fraction of sp³-hybridized carbons (Fsp3) is 0.600. The summed E-state index contributed by atoms with van der Waals surface area (Å²) in [5, 5.41) is 23.8. The largest absolute Gasteiger partial charge is 0.497 e. The van der Waals surface area contributed by atoms with Gasteiger partial charge < -0.3 is 35.1 Å². The first kappa shape index (κ1) is 33.4. The Hall–Kier alpha value is -2.64. The summed E-state index contributed by atoms with van der Waals surface area (Å²) < 4.78 is 16.0. The Labute approximate surface area is 231 Å². The molecule has 13 heteroatoms. The van der Waals surface area contributed by atoms with Crippen molar-refractivity contribution in [3.05, 3.63) is 29.8 Å². The standard InChI is InChI=1S/C25H38N2O9S2/c1-15(2)11-20(35-12-16-7-9-17(34-6)10-8-16)21(28)26-18(22(29)30)13-37-38-14-19(23(31)32)27-24(33)36-25(3,4)5/h7-10,15,18-20H,11-14H2,1-6H3,(H,26,28)(H,27,33)(H,29,30)(H,31,32)/t18?,19?,20-/m1/s1. The third-order valence-corrected chi connectivity index (χ3v) is 7.17. The number of hydrogen-bond donors (Lipinski definition) is 4. The fourth-order valence-electron chi connectivity index (χ4n) is 2.89. The number of carbonyl (C=O) groups is 4. The van der Waals surface area contributed by atoms with Gasteiger partial charge in [-0.05, 0) is 50.8 Å². The van der Waals surface area contributed by atoms with Crippen molar-refractivity contribution in [3.63, 3.8) is 0 Å². The first-order valence-corrected chi connectivity index (χ1v) is 14.4. The molecule has 38 heavy (non-hydrogen) atoms. The minimum atomic E-state index is -1.25. The van der Waals surface area contributed by atoms with Crippen molar-refractivity contribution in [2.45, 2.75) is 71.4 Å². The molecule has 3 atom stereocenters. The Morgan fingerprint density at radius 3 is 1.89 bits per heavy atom. The lowest BCUT2D eigenvalue weighted by Gasteiger charge is -2.22. The van der Waals surface area contributed by atoms with E-state index in [0.717, 1.165) is 27.2 Å². The van der Waals surface area contributed by atoms with Gasteiger partial charge in [-0.1, -0.05) is 47.6 Å². The van der Waals surface area contributed by atoms with Gasteiger partial charge in [0.25, 0.3) is 0 Å². The van der Waals surface area contributed by atoms with Crippen LogP contribution in [0.1, 0.15) is 46.6 Å². The van der Waals surface area contributed by atoms with Crippen LogP contribution < -0.4 is 15.4 Å². The summed E-state index contributed by atoms with van der Waals surface area (Å²) in [6, 6.07) is 4.74. The lowest BCUT2D eigenvalue weighted by Crippen LogP contribution is -2.48. The maximum absolute atomic E-state index is 12.9. The highest BCUT2D eigenvalue weighted by atomic mass is 33.1. The Morgan fingerprint density at radius 1 is 0.921 bits per heavy atom. The van der Waals surface area contributed by atoms with E-state index in [1.54, 1.807) is 40.0 Å². The van der Waals surface area contributed by atoms with Crippen LogP contribution in [-0.4, -0.2) is 76.6 Å². The summed E-state index contributed by atoms with van der Waals surface area (Å²) in [7, 11) is 3.70. The van der Waals surface area contributed by atoms with Gasteiger partial charge in [-0.25, -0.2) is 14.4 Å². The summed E-state index contributed by atoms with van der Waals surface area (Å²) in [4.78, 5) is 48.0. The quantitative estimate of drug-likeness (QED) is 0.169. The zero-order chi connectivity index (χ0) is 28.9. The van der Waals surface area contributed by atoms with E-state index in [4.69, 9.17) is 14.2 Å². The van der Waals surface area contributed by atoms with E-state index < -0.39 is 47.7 Å². The van der Waals surface area contributed by atoms with E-state index in [0.29, 0.717) is 12.2 Å². The average Bonchev–Trinajstić information content (AvgIpc) is 2.81. The summed E-state index contributed by atoms with van der Waals surface area (Å²) in [5.41, 5.74) is 0.0513. The van der Waals surface area contributed by atoms with Crippen LogP contribution in [0.25, 0.3) is 0 Å². The molecule has 11 nitrogen and oxygen atoms in total. The van der Waals surface area contributed by atoms with Crippen LogP contribution in [0.5, 0.6) is 5.75 Å². The SMILES string of the molecule is COc1ccc(CO[C@H](CC(C)C)C(=O)NC(CSSCC(NC(=O)OC(C)(C)C)C(=O)O)C(=O)O)cc1. The monoisotopic (exact) mass is 574 g/mol. The third-order valence-electron chi connectivity index (χ3n) is 4.74. The number of hydrogen-bond acceptors (Lipinski definition) is 9. The van der Waals surface area contributed by atoms with Crippen molar-refractivity contribution < 1.29 is 43.6 Å². The number of benzene rings is 1. The predicted molar refractivity (Wildman–Crippen MR) is 146 cm³/mol. The van der Waals surface area contributed by atoms with Crippen LogP contribution in [0.15, 0.2) is 24.3 Å². The minimum absolute atomic E-state index is 0.0304.